The zero-order valence-corrected chi connectivity index (χ0v) is 18.5. The van der Waals surface area contributed by atoms with Gasteiger partial charge in [-0.1, -0.05) is 18.2 Å². The molecule has 0 saturated carbocycles. The molecule has 8 heteroatoms. The van der Waals surface area contributed by atoms with Crippen LogP contribution in [0.3, 0.4) is 0 Å². The summed E-state index contributed by atoms with van der Waals surface area (Å²) >= 11 is 0. The van der Waals surface area contributed by atoms with Gasteiger partial charge in [0, 0.05) is 7.05 Å². The Hall–Kier alpha value is -2.25. The van der Waals surface area contributed by atoms with E-state index < -0.39 is 11.7 Å². The van der Waals surface area contributed by atoms with Crippen LogP contribution in [0.4, 0.5) is 13.2 Å². The molecule has 0 bridgehead atoms. The number of benzene rings is 2. The predicted molar refractivity (Wildman–Crippen MR) is 118 cm³/mol. The zero-order chi connectivity index (χ0) is 21.3. The van der Waals surface area contributed by atoms with E-state index in [2.05, 4.69) is 15.5 Å². The van der Waals surface area contributed by atoms with Gasteiger partial charge in [0.25, 0.3) is 0 Å². The molecular formula is C23H27ClF3N3O. The van der Waals surface area contributed by atoms with Crippen molar-refractivity contribution in [2.45, 2.75) is 38.4 Å². The van der Waals surface area contributed by atoms with Crippen molar-refractivity contribution >= 4 is 23.4 Å². The van der Waals surface area contributed by atoms with Gasteiger partial charge in [0.1, 0.15) is 11.6 Å². The normalized spacial score (nSPS) is 15.8. The Bertz CT molecular complexity index is 1030. The van der Waals surface area contributed by atoms with Gasteiger partial charge in [0.15, 0.2) is 0 Å². The van der Waals surface area contributed by atoms with E-state index in [9.17, 15) is 13.2 Å². The van der Waals surface area contributed by atoms with Crippen LogP contribution in [0.25, 0.3) is 11.0 Å². The fourth-order valence-electron chi connectivity index (χ4n) is 4.27. The van der Waals surface area contributed by atoms with Gasteiger partial charge in [0.05, 0.1) is 29.7 Å². The third kappa shape index (κ3) is 4.99. The second kappa shape index (κ2) is 9.49. The van der Waals surface area contributed by atoms with E-state index in [1.807, 2.05) is 25.2 Å². The highest BCUT2D eigenvalue weighted by molar-refractivity contribution is 5.85. The number of alkyl halides is 3. The first-order chi connectivity index (χ1) is 14.4. The number of rotatable bonds is 5. The second-order valence-corrected chi connectivity index (χ2v) is 7.81. The highest BCUT2D eigenvalue weighted by Crippen LogP contribution is 2.39. The Morgan fingerprint density at radius 2 is 1.81 bits per heavy atom. The van der Waals surface area contributed by atoms with Crippen molar-refractivity contribution in [3.05, 3.63) is 59.4 Å². The van der Waals surface area contributed by atoms with Crippen molar-refractivity contribution in [2.24, 2.45) is 7.05 Å². The number of aromatic nitrogens is 2. The lowest BCUT2D eigenvalue weighted by molar-refractivity contribution is -0.137. The van der Waals surface area contributed by atoms with Gasteiger partial charge in [0.2, 0.25) is 0 Å². The third-order valence-corrected chi connectivity index (χ3v) is 5.91. The van der Waals surface area contributed by atoms with Crippen LogP contribution in [0.2, 0.25) is 0 Å². The van der Waals surface area contributed by atoms with Gasteiger partial charge in [-0.2, -0.15) is 13.2 Å². The summed E-state index contributed by atoms with van der Waals surface area (Å²) in [7, 11) is 2.04. The molecule has 0 amide bonds. The van der Waals surface area contributed by atoms with Crippen molar-refractivity contribution in [3.8, 4) is 5.75 Å². The van der Waals surface area contributed by atoms with Crippen LogP contribution in [0, 0.1) is 0 Å². The Labute approximate surface area is 186 Å². The lowest BCUT2D eigenvalue weighted by Gasteiger charge is -2.32. The minimum atomic E-state index is -4.36. The summed E-state index contributed by atoms with van der Waals surface area (Å²) in [5, 5.41) is 0. The summed E-state index contributed by atoms with van der Waals surface area (Å²) in [6.45, 7) is 4.66. The van der Waals surface area contributed by atoms with E-state index in [1.54, 1.807) is 13.0 Å². The number of ether oxygens (including phenoxy) is 1. The van der Waals surface area contributed by atoms with Crippen LogP contribution in [0.1, 0.15) is 42.6 Å². The number of fused-ring (bicyclic) bond motifs is 1. The minimum Gasteiger partial charge on any atom is -0.494 e. The molecular weight excluding hydrogens is 427 g/mol. The predicted octanol–water partition coefficient (Wildman–Crippen LogP) is 5.79. The number of halogens is 4. The first-order valence-electron chi connectivity index (χ1n) is 10.3. The van der Waals surface area contributed by atoms with Gasteiger partial charge in [-0.05, 0) is 68.6 Å². The lowest BCUT2D eigenvalue weighted by Crippen LogP contribution is -2.33. The van der Waals surface area contributed by atoms with Crippen LogP contribution >= 0.6 is 12.4 Å². The van der Waals surface area contributed by atoms with E-state index in [4.69, 9.17) is 9.72 Å². The number of piperidine rings is 1. The standard InChI is InChI=1S/C23H26F3N3O.ClH/c1-3-30-21-14-17(23(24,25)26)8-9-18(21)16-10-12-29(13-11-16)15-22-27-19-6-4-5-7-20(19)28(22)2;/h4-9,14,16H,3,10-13,15H2,1-2H3;1H. The average molecular weight is 454 g/mol. The molecule has 4 nitrogen and oxygen atoms in total. The number of imidazole rings is 1. The summed E-state index contributed by atoms with van der Waals surface area (Å²) in [6, 6.07) is 12.0. The Morgan fingerprint density at radius 3 is 2.45 bits per heavy atom. The SMILES string of the molecule is CCOc1cc(C(F)(F)F)ccc1C1CCN(Cc2nc3ccccc3n2C)CC1.Cl. The third-order valence-electron chi connectivity index (χ3n) is 5.91. The summed E-state index contributed by atoms with van der Waals surface area (Å²) < 4.78 is 46.9. The average Bonchev–Trinajstić information content (AvgIpc) is 3.04. The molecule has 0 atom stereocenters. The molecule has 168 valence electrons. The molecule has 2 heterocycles. The van der Waals surface area contributed by atoms with E-state index in [-0.39, 0.29) is 18.3 Å². The molecule has 0 radical (unpaired) electrons. The quantitative estimate of drug-likeness (QED) is 0.489. The molecule has 4 rings (SSSR count). The van der Waals surface area contributed by atoms with Gasteiger partial charge in [-0.25, -0.2) is 4.98 Å². The maximum atomic E-state index is 13.1. The summed E-state index contributed by atoms with van der Waals surface area (Å²) in [6.07, 6.45) is -2.59. The molecule has 1 saturated heterocycles. The molecule has 2 aromatic carbocycles. The number of aryl methyl sites for hydroxylation is 1. The maximum absolute atomic E-state index is 13.1. The topological polar surface area (TPSA) is 30.3 Å². The van der Waals surface area contributed by atoms with E-state index in [0.29, 0.717) is 12.4 Å². The summed E-state index contributed by atoms with van der Waals surface area (Å²) in [5.41, 5.74) is 2.34. The fourth-order valence-corrected chi connectivity index (χ4v) is 4.27. The monoisotopic (exact) mass is 453 g/mol. The zero-order valence-electron chi connectivity index (χ0n) is 17.7. The molecule has 1 fully saturated rings. The van der Waals surface area contributed by atoms with E-state index >= 15 is 0 Å². The molecule has 31 heavy (non-hydrogen) atoms. The number of para-hydroxylation sites is 2. The first-order valence-corrected chi connectivity index (χ1v) is 10.3. The summed E-state index contributed by atoms with van der Waals surface area (Å²) in [4.78, 5) is 7.11. The number of likely N-dealkylation sites (tertiary alicyclic amines) is 1. The van der Waals surface area contributed by atoms with Gasteiger partial charge in [-0.15, -0.1) is 12.4 Å². The Morgan fingerprint density at radius 1 is 1.10 bits per heavy atom. The molecule has 0 spiro atoms. The van der Waals surface area contributed by atoms with Gasteiger partial charge < -0.3 is 9.30 Å². The van der Waals surface area contributed by atoms with Crippen molar-refractivity contribution in [3.63, 3.8) is 0 Å². The van der Waals surface area contributed by atoms with E-state index in [0.717, 1.165) is 61.0 Å². The highest BCUT2D eigenvalue weighted by atomic mass is 35.5. The van der Waals surface area contributed by atoms with Crippen LogP contribution in [0.5, 0.6) is 5.75 Å². The molecule has 0 N–H and O–H groups in total. The lowest BCUT2D eigenvalue weighted by atomic mass is 9.88. The van der Waals surface area contributed by atoms with Crippen LogP contribution < -0.4 is 4.74 Å². The van der Waals surface area contributed by atoms with Crippen LogP contribution in [-0.4, -0.2) is 34.1 Å². The molecule has 1 aromatic heterocycles. The molecule has 0 aliphatic carbocycles. The van der Waals surface area contributed by atoms with Gasteiger partial charge in [-0.3, -0.25) is 4.90 Å². The van der Waals surface area contributed by atoms with Crippen molar-refractivity contribution in [1.29, 1.82) is 0 Å². The minimum absolute atomic E-state index is 0. The van der Waals surface area contributed by atoms with E-state index in [1.165, 1.54) is 6.07 Å². The van der Waals surface area contributed by atoms with Crippen molar-refractivity contribution in [2.75, 3.05) is 19.7 Å². The molecule has 1 aliphatic rings. The summed E-state index contributed by atoms with van der Waals surface area (Å²) in [5.74, 6) is 1.59. The maximum Gasteiger partial charge on any atom is 0.416 e. The molecule has 0 unspecified atom stereocenters. The number of nitrogens with zero attached hydrogens (tertiary/aromatic N) is 3. The van der Waals surface area contributed by atoms with Crippen LogP contribution in [-0.2, 0) is 19.8 Å². The highest BCUT2D eigenvalue weighted by Gasteiger charge is 2.32. The number of hydrogen-bond donors (Lipinski definition) is 0. The largest absolute Gasteiger partial charge is 0.494 e. The smallest absolute Gasteiger partial charge is 0.416 e. The second-order valence-electron chi connectivity index (χ2n) is 7.81. The molecule has 1 aliphatic heterocycles. The Balaban J connectivity index is 0.00000272. The molecule has 3 aromatic rings. The first kappa shape index (κ1) is 23.4. The fraction of sp³-hybridized carbons (Fsp3) is 0.435. The van der Waals surface area contributed by atoms with Crippen LogP contribution in [0.15, 0.2) is 42.5 Å². The van der Waals surface area contributed by atoms with Crippen molar-refractivity contribution < 1.29 is 17.9 Å². The number of hydrogen-bond acceptors (Lipinski definition) is 3. The Kier molecular flexibility index (Phi) is 7.17. The van der Waals surface area contributed by atoms with Gasteiger partial charge >= 0.3 is 6.18 Å². The van der Waals surface area contributed by atoms with Crippen molar-refractivity contribution in [1.82, 2.24) is 14.5 Å².